The first-order chi connectivity index (χ1) is 12.6. The fourth-order valence-electron chi connectivity index (χ4n) is 2.54. The summed E-state index contributed by atoms with van der Waals surface area (Å²) >= 11 is 13.7. The number of rotatable bonds is 4. The zero-order valence-electron chi connectivity index (χ0n) is 13.7. The summed E-state index contributed by atoms with van der Waals surface area (Å²) in [4.78, 5) is 0.663. The van der Waals surface area contributed by atoms with Crippen LogP contribution in [0.1, 0.15) is 0 Å². The molecule has 0 aliphatic rings. The Hall–Kier alpha value is -2.35. The number of halogens is 2. The van der Waals surface area contributed by atoms with Gasteiger partial charge in [-0.05, 0) is 36.4 Å². The summed E-state index contributed by atoms with van der Waals surface area (Å²) in [5, 5.41) is 14.9. The van der Waals surface area contributed by atoms with Crippen molar-refractivity contribution in [3.05, 3.63) is 46.4 Å². The largest absolute Gasteiger partial charge is 0.493 e. The van der Waals surface area contributed by atoms with Crippen LogP contribution in [-0.4, -0.2) is 34.0 Å². The molecule has 0 aliphatic carbocycles. The molecule has 6 nitrogen and oxygen atoms in total. The molecule has 2 heterocycles. The third-order valence-electron chi connectivity index (χ3n) is 3.79. The first kappa shape index (κ1) is 17.1. The van der Waals surface area contributed by atoms with Crippen LogP contribution in [0.3, 0.4) is 0 Å². The molecule has 0 radical (unpaired) electrons. The van der Waals surface area contributed by atoms with E-state index in [0.29, 0.717) is 32.3 Å². The third kappa shape index (κ3) is 2.88. The summed E-state index contributed by atoms with van der Waals surface area (Å²) in [6.45, 7) is 0. The Morgan fingerprint density at radius 3 is 2.50 bits per heavy atom. The van der Waals surface area contributed by atoms with Crippen molar-refractivity contribution in [2.24, 2.45) is 0 Å². The standard InChI is InChI=1S/C17H12Cl2N4O2S/c1-24-13-6-3-9(7-14(13)25-2)15-20-21-17-23(15)22-16(26-17)11-5-4-10(18)8-12(11)19/h3-8H,1-2H3. The topological polar surface area (TPSA) is 61.5 Å². The molecule has 9 heteroatoms. The molecule has 0 saturated carbocycles. The van der Waals surface area contributed by atoms with Gasteiger partial charge >= 0.3 is 0 Å². The first-order valence-corrected chi connectivity index (χ1v) is 9.08. The van der Waals surface area contributed by atoms with Crippen molar-refractivity contribution in [1.29, 1.82) is 0 Å². The predicted octanol–water partition coefficient (Wildman–Crippen LogP) is 4.84. The highest BCUT2D eigenvalue weighted by molar-refractivity contribution is 7.19. The van der Waals surface area contributed by atoms with E-state index < -0.39 is 0 Å². The molecule has 0 unspecified atom stereocenters. The lowest BCUT2D eigenvalue weighted by molar-refractivity contribution is 0.355. The van der Waals surface area contributed by atoms with E-state index in [0.717, 1.165) is 16.1 Å². The van der Waals surface area contributed by atoms with E-state index >= 15 is 0 Å². The second-order valence-corrected chi connectivity index (χ2v) is 7.12. The van der Waals surface area contributed by atoms with Gasteiger partial charge in [-0.15, -0.1) is 10.2 Å². The molecule has 0 atom stereocenters. The van der Waals surface area contributed by atoms with Gasteiger partial charge in [-0.2, -0.15) is 9.61 Å². The van der Waals surface area contributed by atoms with Gasteiger partial charge in [-0.25, -0.2) is 0 Å². The van der Waals surface area contributed by atoms with Crippen LogP contribution >= 0.6 is 34.5 Å². The molecular formula is C17H12Cl2N4O2S. The zero-order chi connectivity index (χ0) is 18.3. The highest BCUT2D eigenvalue weighted by Crippen LogP contribution is 2.35. The first-order valence-electron chi connectivity index (χ1n) is 7.51. The number of fused-ring (bicyclic) bond motifs is 1. The SMILES string of the molecule is COc1ccc(-c2nnc3sc(-c4ccc(Cl)cc4Cl)nn23)cc1OC. The quantitative estimate of drug-likeness (QED) is 0.484. The van der Waals surface area contributed by atoms with E-state index in [1.807, 2.05) is 24.3 Å². The van der Waals surface area contributed by atoms with Crippen LogP contribution in [0.4, 0.5) is 0 Å². The number of hydrogen-bond donors (Lipinski definition) is 0. The van der Waals surface area contributed by atoms with Gasteiger partial charge in [-0.1, -0.05) is 34.5 Å². The summed E-state index contributed by atoms with van der Waals surface area (Å²) in [6.07, 6.45) is 0. The van der Waals surface area contributed by atoms with E-state index in [2.05, 4.69) is 15.3 Å². The minimum Gasteiger partial charge on any atom is -0.493 e. The number of aromatic nitrogens is 4. The van der Waals surface area contributed by atoms with Crippen LogP contribution in [0, 0.1) is 0 Å². The zero-order valence-corrected chi connectivity index (χ0v) is 16.1. The van der Waals surface area contributed by atoms with Crippen LogP contribution in [-0.2, 0) is 0 Å². The lowest BCUT2D eigenvalue weighted by Crippen LogP contribution is -1.94. The van der Waals surface area contributed by atoms with Gasteiger partial charge in [0.2, 0.25) is 4.96 Å². The normalized spacial score (nSPS) is 11.1. The molecule has 0 aliphatic heterocycles. The Bertz CT molecular complexity index is 1110. The summed E-state index contributed by atoms with van der Waals surface area (Å²) < 4.78 is 12.3. The predicted molar refractivity (Wildman–Crippen MR) is 103 cm³/mol. The molecule has 4 rings (SSSR count). The average molecular weight is 407 g/mol. The molecule has 0 bridgehead atoms. The number of hydrogen-bond acceptors (Lipinski definition) is 6. The van der Waals surface area contributed by atoms with Crippen molar-refractivity contribution in [3.63, 3.8) is 0 Å². The molecule has 0 spiro atoms. The molecule has 2 aromatic heterocycles. The molecule has 132 valence electrons. The number of methoxy groups -OCH3 is 2. The lowest BCUT2D eigenvalue weighted by Gasteiger charge is -2.08. The highest BCUT2D eigenvalue weighted by atomic mass is 35.5. The Morgan fingerprint density at radius 2 is 1.77 bits per heavy atom. The minimum absolute atomic E-state index is 0.537. The van der Waals surface area contributed by atoms with Crippen molar-refractivity contribution in [2.45, 2.75) is 0 Å². The average Bonchev–Trinajstić information content (AvgIpc) is 3.21. The van der Waals surface area contributed by atoms with E-state index in [-0.39, 0.29) is 0 Å². The van der Waals surface area contributed by atoms with E-state index in [4.69, 9.17) is 32.7 Å². The Morgan fingerprint density at radius 1 is 0.962 bits per heavy atom. The minimum atomic E-state index is 0.537. The number of nitrogens with zero attached hydrogens (tertiary/aromatic N) is 4. The fraction of sp³-hybridized carbons (Fsp3) is 0.118. The fourth-order valence-corrected chi connectivity index (χ4v) is 3.98. The maximum atomic E-state index is 6.29. The molecule has 2 aromatic carbocycles. The van der Waals surface area contributed by atoms with Gasteiger partial charge < -0.3 is 9.47 Å². The van der Waals surface area contributed by atoms with Gasteiger partial charge in [-0.3, -0.25) is 0 Å². The van der Waals surface area contributed by atoms with Crippen LogP contribution in [0.15, 0.2) is 36.4 Å². The van der Waals surface area contributed by atoms with Gasteiger partial charge in [0.05, 0.1) is 19.2 Å². The number of benzene rings is 2. The molecule has 0 fully saturated rings. The van der Waals surface area contributed by atoms with Crippen molar-refractivity contribution in [1.82, 2.24) is 19.8 Å². The van der Waals surface area contributed by atoms with Crippen molar-refractivity contribution >= 4 is 39.5 Å². The molecule has 4 aromatic rings. The maximum Gasteiger partial charge on any atom is 0.235 e. The smallest absolute Gasteiger partial charge is 0.235 e. The lowest BCUT2D eigenvalue weighted by atomic mass is 10.2. The maximum absolute atomic E-state index is 6.29. The van der Waals surface area contributed by atoms with E-state index in [9.17, 15) is 0 Å². The van der Waals surface area contributed by atoms with Crippen LogP contribution in [0.25, 0.3) is 26.9 Å². The van der Waals surface area contributed by atoms with E-state index in [1.165, 1.54) is 11.3 Å². The summed E-state index contributed by atoms with van der Waals surface area (Å²) in [5.74, 6) is 1.86. The molecule has 0 saturated heterocycles. The van der Waals surface area contributed by atoms with Gasteiger partial charge in [0.1, 0.15) is 5.01 Å². The van der Waals surface area contributed by atoms with Gasteiger partial charge in [0.15, 0.2) is 17.3 Å². The molecule has 26 heavy (non-hydrogen) atoms. The third-order valence-corrected chi connectivity index (χ3v) is 5.27. The van der Waals surface area contributed by atoms with Gasteiger partial charge in [0.25, 0.3) is 0 Å². The van der Waals surface area contributed by atoms with Crippen molar-refractivity contribution in [3.8, 4) is 33.5 Å². The summed E-state index contributed by atoms with van der Waals surface area (Å²) in [7, 11) is 3.18. The van der Waals surface area contributed by atoms with Crippen LogP contribution < -0.4 is 9.47 Å². The molecular weight excluding hydrogens is 395 g/mol. The summed E-state index contributed by atoms with van der Waals surface area (Å²) in [6, 6.07) is 10.8. The summed E-state index contributed by atoms with van der Waals surface area (Å²) in [5.41, 5.74) is 1.61. The number of ether oxygens (including phenoxy) is 2. The van der Waals surface area contributed by atoms with Crippen LogP contribution in [0.2, 0.25) is 10.0 Å². The molecule has 0 N–H and O–H groups in total. The van der Waals surface area contributed by atoms with Crippen LogP contribution in [0.5, 0.6) is 11.5 Å². The second kappa shape index (κ2) is 6.75. The monoisotopic (exact) mass is 406 g/mol. The Balaban J connectivity index is 1.82. The highest BCUT2D eigenvalue weighted by Gasteiger charge is 2.17. The van der Waals surface area contributed by atoms with E-state index in [1.54, 1.807) is 30.9 Å². The van der Waals surface area contributed by atoms with Crippen molar-refractivity contribution < 1.29 is 9.47 Å². The Kier molecular flexibility index (Phi) is 4.44. The van der Waals surface area contributed by atoms with Crippen molar-refractivity contribution in [2.75, 3.05) is 14.2 Å². The second-order valence-electron chi connectivity index (χ2n) is 5.32. The van der Waals surface area contributed by atoms with Gasteiger partial charge in [0, 0.05) is 16.1 Å². The Labute approximate surface area is 162 Å². The molecule has 0 amide bonds.